The number of nitrogens with one attached hydrogen (secondary N) is 1. The van der Waals surface area contributed by atoms with Gasteiger partial charge in [0, 0.05) is 45.8 Å². The molecule has 2 heterocycles. The Bertz CT molecular complexity index is 436. The molecular weight excluding hydrogens is 324 g/mol. The van der Waals surface area contributed by atoms with Gasteiger partial charge < -0.3 is 15.0 Å². The minimum absolute atomic E-state index is 0.774. The van der Waals surface area contributed by atoms with E-state index >= 15 is 0 Å². The minimum atomic E-state index is 0.774. The molecule has 1 N–H and O–H groups in total. The highest BCUT2D eigenvalue weighted by molar-refractivity contribution is 5.80. The second-order valence-electron chi connectivity index (χ2n) is 8.68. The first-order chi connectivity index (χ1) is 12.7. The average molecular weight is 365 g/mol. The van der Waals surface area contributed by atoms with Gasteiger partial charge in [0.25, 0.3) is 0 Å². The number of nitrogens with zero attached hydrogens (tertiary/aromatic N) is 3. The molecule has 150 valence electrons. The topological polar surface area (TPSA) is 40.1 Å². The number of ether oxygens (including phenoxy) is 1. The second kappa shape index (κ2) is 10.5. The van der Waals surface area contributed by atoms with Crippen molar-refractivity contribution in [2.45, 2.75) is 52.4 Å². The Morgan fingerprint density at radius 3 is 2.73 bits per heavy atom. The van der Waals surface area contributed by atoms with Crippen LogP contribution in [-0.2, 0) is 4.74 Å². The van der Waals surface area contributed by atoms with Gasteiger partial charge in [-0.1, -0.05) is 26.2 Å². The summed E-state index contributed by atoms with van der Waals surface area (Å²) in [6, 6.07) is 0. The molecule has 3 rings (SSSR count). The molecule has 3 aliphatic rings. The number of rotatable bonds is 6. The summed E-state index contributed by atoms with van der Waals surface area (Å²) in [6.45, 7) is 14.1. The fourth-order valence-corrected chi connectivity index (χ4v) is 4.92. The van der Waals surface area contributed by atoms with Crippen molar-refractivity contribution in [1.82, 2.24) is 15.1 Å². The lowest BCUT2D eigenvalue weighted by atomic mass is 9.81. The van der Waals surface area contributed by atoms with E-state index in [4.69, 9.17) is 9.73 Å². The first-order valence-corrected chi connectivity index (χ1v) is 11.1. The van der Waals surface area contributed by atoms with E-state index in [1.807, 2.05) is 0 Å². The summed E-state index contributed by atoms with van der Waals surface area (Å²) in [5, 5.41) is 3.54. The number of hydrogen-bond donors (Lipinski definition) is 1. The van der Waals surface area contributed by atoms with Gasteiger partial charge in [-0.15, -0.1) is 0 Å². The van der Waals surface area contributed by atoms with Crippen molar-refractivity contribution in [3.05, 3.63) is 0 Å². The Hall–Kier alpha value is -0.810. The summed E-state index contributed by atoms with van der Waals surface area (Å²) in [4.78, 5) is 10.1. The van der Waals surface area contributed by atoms with Crippen LogP contribution in [0.4, 0.5) is 0 Å². The molecular formula is C21H40N4O. The molecule has 1 saturated carbocycles. The molecule has 3 fully saturated rings. The highest BCUT2D eigenvalue weighted by Crippen LogP contribution is 2.30. The molecule has 0 amide bonds. The lowest BCUT2D eigenvalue weighted by Crippen LogP contribution is -2.42. The fourth-order valence-electron chi connectivity index (χ4n) is 4.92. The second-order valence-corrected chi connectivity index (χ2v) is 8.68. The Labute approximate surface area is 160 Å². The van der Waals surface area contributed by atoms with Crippen molar-refractivity contribution in [1.29, 1.82) is 0 Å². The van der Waals surface area contributed by atoms with Gasteiger partial charge in [-0.25, -0.2) is 0 Å². The Kier molecular flexibility index (Phi) is 8.06. The van der Waals surface area contributed by atoms with E-state index < -0.39 is 0 Å². The fraction of sp³-hybridized carbons (Fsp3) is 0.952. The molecule has 1 aliphatic carbocycles. The molecule has 5 heteroatoms. The number of morpholine rings is 1. The van der Waals surface area contributed by atoms with Gasteiger partial charge in [0.1, 0.15) is 0 Å². The van der Waals surface area contributed by atoms with Crippen molar-refractivity contribution in [2.75, 3.05) is 59.0 Å². The summed E-state index contributed by atoms with van der Waals surface area (Å²) in [5.74, 6) is 3.75. The lowest BCUT2D eigenvalue weighted by molar-refractivity contribution is 0.0315. The zero-order valence-electron chi connectivity index (χ0n) is 17.1. The first kappa shape index (κ1) is 19.9. The van der Waals surface area contributed by atoms with Crippen LogP contribution >= 0.6 is 0 Å². The van der Waals surface area contributed by atoms with Crippen LogP contribution in [0.3, 0.4) is 0 Å². The summed E-state index contributed by atoms with van der Waals surface area (Å²) in [7, 11) is 0. The highest BCUT2D eigenvalue weighted by atomic mass is 16.5. The van der Waals surface area contributed by atoms with Gasteiger partial charge >= 0.3 is 0 Å². The largest absolute Gasteiger partial charge is 0.379 e. The van der Waals surface area contributed by atoms with E-state index in [-0.39, 0.29) is 0 Å². The summed E-state index contributed by atoms with van der Waals surface area (Å²) in [5.41, 5.74) is 0. The predicted molar refractivity (Wildman–Crippen MR) is 109 cm³/mol. The lowest BCUT2D eigenvalue weighted by Gasteiger charge is -2.29. The van der Waals surface area contributed by atoms with Crippen LogP contribution in [-0.4, -0.2) is 74.8 Å². The maximum Gasteiger partial charge on any atom is 0.193 e. The van der Waals surface area contributed by atoms with Crippen molar-refractivity contribution in [2.24, 2.45) is 22.7 Å². The first-order valence-electron chi connectivity index (χ1n) is 11.1. The van der Waals surface area contributed by atoms with E-state index in [0.717, 1.165) is 76.2 Å². The molecule has 2 saturated heterocycles. The third-order valence-electron chi connectivity index (χ3n) is 6.38. The summed E-state index contributed by atoms with van der Waals surface area (Å²) in [6.07, 6.45) is 8.25. The summed E-state index contributed by atoms with van der Waals surface area (Å²) >= 11 is 0. The van der Waals surface area contributed by atoms with E-state index in [9.17, 15) is 0 Å². The molecule has 3 atom stereocenters. The SMILES string of the molecule is CCNC(=NCCC1CCCC(C)C1)N1CCC(CN2CCOCC2)C1. The molecule has 0 aromatic carbocycles. The van der Waals surface area contributed by atoms with E-state index in [1.54, 1.807) is 0 Å². The van der Waals surface area contributed by atoms with E-state index in [0.29, 0.717) is 0 Å². The van der Waals surface area contributed by atoms with Crippen LogP contribution in [0.2, 0.25) is 0 Å². The van der Waals surface area contributed by atoms with Gasteiger partial charge in [-0.3, -0.25) is 9.89 Å². The maximum atomic E-state index is 5.48. The van der Waals surface area contributed by atoms with Crippen molar-refractivity contribution in [3.63, 3.8) is 0 Å². The van der Waals surface area contributed by atoms with Crippen molar-refractivity contribution < 1.29 is 4.74 Å². The van der Waals surface area contributed by atoms with Gasteiger partial charge in [0.2, 0.25) is 0 Å². The third-order valence-corrected chi connectivity index (χ3v) is 6.38. The smallest absolute Gasteiger partial charge is 0.193 e. The van der Waals surface area contributed by atoms with Crippen LogP contribution in [0, 0.1) is 17.8 Å². The molecule has 0 aromatic rings. The Morgan fingerprint density at radius 2 is 1.96 bits per heavy atom. The zero-order chi connectivity index (χ0) is 18.2. The third kappa shape index (κ3) is 6.12. The van der Waals surface area contributed by atoms with E-state index in [2.05, 4.69) is 29.0 Å². The average Bonchev–Trinajstić information content (AvgIpc) is 3.10. The van der Waals surface area contributed by atoms with E-state index in [1.165, 1.54) is 45.1 Å². The molecule has 0 bridgehead atoms. The van der Waals surface area contributed by atoms with Crippen molar-refractivity contribution in [3.8, 4) is 0 Å². The molecule has 26 heavy (non-hydrogen) atoms. The molecule has 0 spiro atoms. The monoisotopic (exact) mass is 364 g/mol. The predicted octanol–water partition coefficient (Wildman–Crippen LogP) is 2.82. The molecule has 0 radical (unpaired) electrons. The maximum absolute atomic E-state index is 5.48. The molecule has 3 unspecified atom stereocenters. The van der Waals surface area contributed by atoms with Gasteiger partial charge in [-0.2, -0.15) is 0 Å². The molecule has 0 aromatic heterocycles. The van der Waals surface area contributed by atoms with Crippen LogP contribution < -0.4 is 5.32 Å². The van der Waals surface area contributed by atoms with Crippen LogP contribution in [0.5, 0.6) is 0 Å². The Morgan fingerprint density at radius 1 is 1.12 bits per heavy atom. The van der Waals surface area contributed by atoms with Gasteiger partial charge in [0.15, 0.2) is 5.96 Å². The van der Waals surface area contributed by atoms with Crippen LogP contribution in [0.1, 0.15) is 52.4 Å². The van der Waals surface area contributed by atoms with Gasteiger partial charge in [-0.05, 0) is 43.9 Å². The number of hydrogen-bond acceptors (Lipinski definition) is 3. The molecule has 5 nitrogen and oxygen atoms in total. The number of likely N-dealkylation sites (tertiary alicyclic amines) is 1. The number of guanidine groups is 1. The highest BCUT2D eigenvalue weighted by Gasteiger charge is 2.27. The van der Waals surface area contributed by atoms with Gasteiger partial charge in [0.05, 0.1) is 13.2 Å². The zero-order valence-corrected chi connectivity index (χ0v) is 17.1. The standard InChI is InChI=1S/C21H40N4O/c1-3-22-21(23-9-7-19-6-4-5-18(2)15-19)25-10-8-20(17-25)16-24-11-13-26-14-12-24/h18-20H,3-17H2,1-2H3,(H,22,23). The van der Waals surface area contributed by atoms with Crippen LogP contribution in [0.15, 0.2) is 4.99 Å². The summed E-state index contributed by atoms with van der Waals surface area (Å²) < 4.78 is 5.48. The normalized spacial score (nSPS) is 31.4. The van der Waals surface area contributed by atoms with Crippen LogP contribution in [0.25, 0.3) is 0 Å². The quantitative estimate of drug-likeness (QED) is 0.581. The molecule has 2 aliphatic heterocycles. The Balaban J connectivity index is 1.44. The minimum Gasteiger partial charge on any atom is -0.379 e. The van der Waals surface area contributed by atoms with Crippen molar-refractivity contribution >= 4 is 5.96 Å². The number of aliphatic imine (C=N–C) groups is 1.